The topological polar surface area (TPSA) is 103 Å². The van der Waals surface area contributed by atoms with Crippen LogP contribution in [0.1, 0.15) is 33.8 Å². The highest BCUT2D eigenvalue weighted by molar-refractivity contribution is 7.08. The Morgan fingerprint density at radius 2 is 1.97 bits per heavy atom. The summed E-state index contributed by atoms with van der Waals surface area (Å²) < 4.78 is 18.3. The highest BCUT2D eigenvalue weighted by Gasteiger charge is 2.25. The molecule has 0 saturated heterocycles. The average Bonchev–Trinajstić information content (AvgIpc) is 3.22. The molecule has 0 radical (unpaired) electrons. The minimum Gasteiger partial charge on any atom is -0.481 e. The second-order valence-corrected chi connectivity index (χ2v) is 8.90. The second-order valence-electron chi connectivity index (χ2n) is 7.66. The molecule has 0 spiro atoms. The maximum absolute atomic E-state index is 14.2. The summed E-state index contributed by atoms with van der Waals surface area (Å²) in [6.07, 6.45) is 0.280. The number of nitriles is 1. The summed E-state index contributed by atoms with van der Waals surface area (Å²) in [6, 6.07) is 14.5. The van der Waals surface area contributed by atoms with Gasteiger partial charge in [0.1, 0.15) is 10.7 Å². The van der Waals surface area contributed by atoms with Crippen LogP contribution >= 0.6 is 23.1 Å². The molecule has 0 aliphatic heterocycles. The third-order valence-electron chi connectivity index (χ3n) is 5.12. The van der Waals surface area contributed by atoms with Crippen LogP contribution in [0, 0.1) is 30.0 Å². The predicted molar refractivity (Wildman–Crippen MR) is 125 cm³/mol. The van der Waals surface area contributed by atoms with Crippen LogP contribution in [0.5, 0.6) is 0 Å². The lowest BCUT2D eigenvalue weighted by Crippen LogP contribution is -2.38. The number of carbonyl (C=O) groups is 2. The Kier molecular flexibility index (Phi) is 8.15. The summed E-state index contributed by atoms with van der Waals surface area (Å²) in [5.74, 6) is -2.73. The first-order valence-corrected chi connectivity index (χ1v) is 11.3. The van der Waals surface area contributed by atoms with E-state index in [1.807, 2.05) is 6.07 Å². The monoisotopic (exact) mass is 485 g/mol. The maximum atomic E-state index is 14.2. The third kappa shape index (κ3) is 6.60. The van der Waals surface area contributed by atoms with E-state index in [0.717, 1.165) is 22.8 Å². The highest BCUT2D eigenvalue weighted by atomic mass is 35.5. The van der Waals surface area contributed by atoms with Gasteiger partial charge in [-0.25, -0.2) is 4.39 Å². The normalized spacial score (nSPS) is 12.5. The molecule has 2 N–H and O–H groups in total. The van der Waals surface area contributed by atoms with Gasteiger partial charge in [0, 0.05) is 23.0 Å². The smallest absolute Gasteiger partial charge is 0.307 e. The minimum atomic E-state index is -1.09. The Hall–Kier alpha value is -3.28. The Morgan fingerprint density at radius 1 is 1.24 bits per heavy atom. The Labute approximate surface area is 199 Å². The van der Waals surface area contributed by atoms with E-state index >= 15 is 0 Å². The quantitative estimate of drug-likeness (QED) is 0.430. The van der Waals surface area contributed by atoms with E-state index in [0.29, 0.717) is 27.4 Å². The van der Waals surface area contributed by atoms with Crippen molar-refractivity contribution in [3.63, 3.8) is 0 Å². The van der Waals surface area contributed by atoms with E-state index in [1.165, 1.54) is 12.1 Å². The molecule has 9 heteroatoms. The van der Waals surface area contributed by atoms with Crippen molar-refractivity contribution >= 4 is 35.0 Å². The summed E-state index contributed by atoms with van der Waals surface area (Å²) in [7, 11) is 0. The van der Waals surface area contributed by atoms with Crippen LogP contribution in [0.15, 0.2) is 48.5 Å². The molecule has 0 fully saturated rings. The highest BCUT2D eigenvalue weighted by Crippen LogP contribution is 2.27. The summed E-state index contributed by atoms with van der Waals surface area (Å²) in [4.78, 5) is 24.7. The van der Waals surface area contributed by atoms with E-state index in [1.54, 1.807) is 43.3 Å². The zero-order valence-electron chi connectivity index (χ0n) is 17.7. The van der Waals surface area contributed by atoms with Crippen molar-refractivity contribution in [1.82, 2.24) is 9.69 Å². The number of benzene rings is 2. The molecule has 0 bridgehead atoms. The first-order chi connectivity index (χ1) is 15.8. The van der Waals surface area contributed by atoms with Gasteiger partial charge in [-0.15, -0.1) is 0 Å². The van der Waals surface area contributed by atoms with Gasteiger partial charge in [-0.3, -0.25) is 9.59 Å². The van der Waals surface area contributed by atoms with Gasteiger partial charge in [-0.05, 0) is 66.7 Å². The molecule has 0 saturated carbocycles. The number of aromatic nitrogens is 1. The van der Waals surface area contributed by atoms with E-state index < -0.39 is 23.7 Å². The SMILES string of the molecule is Cc1cc(C(=O)N[C@H](Cc2ccc(-c3cc(Cl)ccc3F)cc2)C[C@@H](CC#N)C(=O)O)sn1. The van der Waals surface area contributed by atoms with Crippen molar-refractivity contribution in [1.29, 1.82) is 5.26 Å². The molecule has 33 heavy (non-hydrogen) atoms. The van der Waals surface area contributed by atoms with Gasteiger partial charge in [0.2, 0.25) is 0 Å². The van der Waals surface area contributed by atoms with Crippen LogP contribution < -0.4 is 5.32 Å². The number of nitrogens with one attached hydrogen (secondary N) is 1. The second kappa shape index (κ2) is 11.0. The number of rotatable bonds is 9. The molecule has 3 rings (SSSR count). The van der Waals surface area contributed by atoms with Gasteiger partial charge in [0.05, 0.1) is 17.7 Å². The lowest BCUT2D eigenvalue weighted by molar-refractivity contribution is -0.142. The lowest BCUT2D eigenvalue weighted by atomic mass is 9.92. The maximum Gasteiger partial charge on any atom is 0.307 e. The summed E-state index contributed by atoms with van der Waals surface area (Å²) in [5.41, 5.74) is 2.57. The number of carboxylic acid groups (broad SMARTS) is 1. The number of hydrogen-bond donors (Lipinski definition) is 2. The number of halogens is 2. The average molecular weight is 486 g/mol. The van der Waals surface area contributed by atoms with E-state index in [2.05, 4.69) is 9.69 Å². The standard InChI is InChI=1S/C24H21ClFN3O3S/c1-14-10-22(33-29-14)23(30)28-19(12-17(8-9-27)24(31)32)11-15-2-4-16(5-3-15)20-13-18(25)6-7-21(20)26/h2-7,10,13,17,19H,8,11-12H2,1H3,(H,28,30)(H,31,32)/t17-,19-/m1/s1. The van der Waals surface area contributed by atoms with Gasteiger partial charge < -0.3 is 10.4 Å². The fourth-order valence-electron chi connectivity index (χ4n) is 3.47. The van der Waals surface area contributed by atoms with E-state index in [-0.39, 0.29) is 18.7 Å². The zero-order valence-corrected chi connectivity index (χ0v) is 19.3. The van der Waals surface area contributed by atoms with E-state index in [4.69, 9.17) is 16.9 Å². The van der Waals surface area contributed by atoms with Crippen molar-refractivity contribution < 1.29 is 19.1 Å². The van der Waals surface area contributed by atoms with Crippen molar-refractivity contribution in [2.75, 3.05) is 0 Å². The van der Waals surface area contributed by atoms with Gasteiger partial charge >= 0.3 is 5.97 Å². The predicted octanol–water partition coefficient (Wildman–Crippen LogP) is 5.26. The third-order valence-corrected chi connectivity index (χ3v) is 6.23. The fraction of sp³-hybridized carbons (Fsp3) is 0.250. The molecule has 0 aliphatic carbocycles. The first kappa shape index (κ1) is 24.4. The largest absolute Gasteiger partial charge is 0.481 e. The Morgan fingerprint density at radius 3 is 2.58 bits per heavy atom. The van der Waals surface area contributed by atoms with Gasteiger partial charge in [0.25, 0.3) is 5.91 Å². The Bertz CT molecular complexity index is 1190. The van der Waals surface area contributed by atoms with Crippen LogP contribution in [0.25, 0.3) is 11.1 Å². The number of amides is 1. The molecule has 1 amide bonds. The molecular formula is C24H21ClFN3O3S. The summed E-state index contributed by atoms with van der Waals surface area (Å²) >= 11 is 7.05. The number of aliphatic carboxylic acids is 1. The number of carboxylic acids is 1. The number of hydrogen-bond acceptors (Lipinski definition) is 5. The van der Waals surface area contributed by atoms with Crippen LogP contribution in [-0.4, -0.2) is 27.4 Å². The molecule has 2 aromatic carbocycles. The first-order valence-electron chi connectivity index (χ1n) is 10.1. The molecule has 1 heterocycles. The molecule has 2 atom stereocenters. The van der Waals surface area contributed by atoms with Crippen LogP contribution in [-0.2, 0) is 11.2 Å². The van der Waals surface area contributed by atoms with Crippen LogP contribution in [0.3, 0.4) is 0 Å². The molecule has 6 nitrogen and oxygen atoms in total. The molecule has 1 aromatic heterocycles. The van der Waals surface area contributed by atoms with Crippen molar-refractivity contribution in [3.8, 4) is 17.2 Å². The number of nitrogens with zero attached hydrogens (tertiary/aromatic N) is 2. The zero-order chi connectivity index (χ0) is 24.0. The van der Waals surface area contributed by atoms with E-state index in [9.17, 15) is 19.1 Å². The molecule has 0 aliphatic rings. The summed E-state index contributed by atoms with van der Waals surface area (Å²) in [5, 5.41) is 21.8. The number of carbonyl (C=O) groups excluding carboxylic acids is 1. The molecule has 0 unspecified atom stereocenters. The molecule has 170 valence electrons. The van der Waals surface area contributed by atoms with Crippen molar-refractivity contribution in [3.05, 3.63) is 75.5 Å². The van der Waals surface area contributed by atoms with Gasteiger partial charge in [-0.2, -0.15) is 9.64 Å². The lowest BCUT2D eigenvalue weighted by Gasteiger charge is -2.21. The van der Waals surface area contributed by atoms with Gasteiger partial charge in [0.15, 0.2) is 0 Å². The van der Waals surface area contributed by atoms with Crippen LogP contribution in [0.4, 0.5) is 4.39 Å². The minimum absolute atomic E-state index is 0.0943. The summed E-state index contributed by atoms with van der Waals surface area (Å²) in [6.45, 7) is 1.78. The van der Waals surface area contributed by atoms with Gasteiger partial charge in [-0.1, -0.05) is 35.9 Å². The Balaban J connectivity index is 1.80. The number of aryl methyl sites for hydroxylation is 1. The fourth-order valence-corrected chi connectivity index (χ4v) is 4.30. The van der Waals surface area contributed by atoms with Crippen LogP contribution in [0.2, 0.25) is 5.02 Å². The van der Waals surface area contributed by atoms with Crippen molar-refractivity contribution in [2.24, 2.45) is 5.92 Å². The molecular weight excluding hydrogens is 465 g/mol. The molecule has 3 aromatic rings. The van der Waals surface area contributed by atoms with Crippen molar-refractivity contribution in [2.45, 2.75) is 32.2 Å².